The zero-order chi connectivity index (χ0) is 16.1. The van der Waals surface area contributed by atoms with E-state index in [-0.39, 0.29) is 25.3 Å². The van der Waals surface area contributed by atoms with E-state index < -0.39 is 22.3 Å². The highest BCUT2D eigenvalue weighted by Gasteiger charge is 2.31. The Labute approximate surface area is 120 Å². The standard InChI is InChI=1S/C11H15F3N2O4S/c1-16(6-3-7-17)21(18,19)15-9-4-2-5-10(8-9)20-11(12,13)14/h2,4-5,8,15,17H,3,6-7H2,1H3. The summed E-state index contributed by atoms with van der Waals surface area (Å²) in [5.74, 6) is -0.527. The van der Waals surface area contributed by atoms with Crippen molar-refractivity contribution >= 4 is 15.9 Å². The largest absolute Gasteiger partial charge is 0.573 e. The molecule has 0 saturated heterocycles. The van der Waals surface area contributed by atoms with Gasteiger partial charge in [-0.2, -0.15) is 12.7 Å². The molecular weight excluding hydrogens is 313 g/mol. The first-order valence-electron chi connectivity index (χ1n) is 5.85. The van der Waals surface area contributed by atoms with E-state index in [1.54, 1.807) is 0 Å². The van der Waals surface area contributed by atoms with Crippen molar-refractivity contribution in [1.82, 2.24) is 4.31 Å². The maximum atomic E-state index is 12.1. The van der Waals surface area contributed by atoms with E-state index in [0.717, 1.165) is 16.4 Å². The lowest BCUT2D eigenvalue weighted by Gasteiger charge is -2.18. The lowest BCUT2D eigenvalue weighted by molar-refractivity contribution is -0.274. The minimum atomic E-state index is -4.85. The zero-order valence-electron chi connectivity index (χ0n) is 11.1. The highest BCUT2D eigenvalue weighted by molar-refractivity contribution is 7.90. The number of halogens is 3. The van der Waals surface area contributed by atoms with Gasteiger partial charge in [0.15, 0.2) is 0 Å². The Balaban J connectivity index is 2.80. The maximum absolute atomic E-state index is 12.1. The van der Waals surface area contributed by atoms with Crippen LogP contribution in [-0.4, -0.2) is 44.4 Å². The van der Waals surface area contributed by atoms with Crippen LogP contribution in [-0.2, 0) is 10.2 Å². The highest BCUT2D eigenvalue weighted by Crippen LogP contribution is 2.25. The van der Waals surface area contributed by atoms with Crippen molar-refractivity contribution in [2.24, 2.45) is 0 Å². The van der Waals surface area contributed by atoms with Gasteiger partial charge in [-0.05, 0) is 18.6 Å². The molecule has 0 spiro atoms. The van der Waals surface area contributed by atoms with Crippen molar-refractivity contribution in [3.8, 4) is 5.75 Å². The predicted octanol–water partition coefficient (Wildman–Crippen LogP) is 1.56. The van der Waals surface area contributed by atoms with Crippen molar-refractivity contribution in [2.45, 2.75) is 12.8 Å². The predicted molar refractivity (Wildman–Crippen MR) is 70.0 cm³/mol. The van der Waals surface area contributed by atoms with Crippen LogP contribution >= 0.6 is 0 Å². The number of nitrogens with zero attached hydrogens (tertiary/aromatic N) is 1. The molecule has 1 rings (SSSR count). The Hall–Kier alpha value is -1.52. The topological polar surface area (TPSA) is 78.9 Å². The molecule has 10 heteroatoms. The zero-order valence-corrected chi connectivity index (χ0v) is 11.9. The van der Waals surface area contributed by atoms with Crippen LogP contribution < -0.4 is 9.46 Å². The maximum Gasteiger partial charge on any atom is 0.573 e. The molecule has 0 bridgehead atoms. The van der Waals surface area contributed by atoms with E-state index >= 15 is 0 Å². The summed E-state index contributed by atoms with van der Waals surface area (Å²) in [7, 11) is -2.62. The molecule has 0 aromatic heterocycles. The Morgan fingerprint density at radius 2 is 2.05 bits per heavy atom. The second-order valence-corrected chi connectivity index (χ2v) is 5.86. The van der Waals surface area contributed by atoms with Gasteiger partial charge in [-0.3, -0.25) is 4.72 Å². The Morgan fingerprint density at radius 1 is 1.38 bits per heavy atom. The van der Waals surface area contributed by atoms with Gasteiger partial charge < -0.3 is 9.84 Å². The van der Waals surface area contributed by atoms with Gasteiger partial charge in [-0.25, -0.2) is 0 Å². The first-order chi connectivity index (χ1) is 9.64. The van der Waals surface area contributed by atoms with Gasteiger partial charge >= 0.3 is 16.6 Å². The van der Waals surface area contributed by atoms with E-state index in [1.165, 1.54) is 19.2 Å². The van der Waals surface area contributed by atoms with E-state index in [0.29, 0.717) is 0 Å². The summed E-state index contributed by atoms with van der Waals surface area (Å²) in [4.78, 5) is 0. The third-order valence-electron chi connectivity index (χ3n) is 2.36. The van der Waals surface area contributed by atoms with Crippen molar-refractivity contribution < 1.29 is 31.4 Å². The molecule has 0 fully saturated rings. The van der Waals surface area contributed by atoms with Crippen LogP contribution in [0, 0.1) is 0 Å². The molecular formula is C11H15F3N2O4S. The third kappa shape index (κ3) is 6.19. The fraction of sp³-hybridized carbons (Fsp3) is 0.455. The van der Waals surface area contributed by atoms with E-state index in [1.807, 2.05) is 0 Å². The second-order valence-electron chi connectivity index (χ2n) is 4.08. The van der Waals surface area contributed by atoms with Crippen LogP contribution in [0.5, 0.6) is 5.75 Å². The number of rotatable bonds is 7. The van der Waals surface area contributed by atoms with Gasteiger partial charge in [0, 0.05) is 26.3 Å². The van der Waals surface area contributed by atoms with Crippen molar-refractivity contribution in [3.05, 3.63) is 24.3 Å². The average Bonchev–Trinajstić information content (AvgIpc) is 2.33. The first kappa shape index (κ1) is 17.5. The van der Waals surface area contributed by atoms with Gasteiger partial charge in [0.1, 0.15) is 5.75 Å². The molecule has 2 N–H and O–H groups in total. The van der Waals surface area contributed by atoms with E-state index in [4.69, 9.17) is 5.11 Å². The summed E-state index contributed by atoms with van der Waals surface area (Å²) in [6, 6.07) is 4.50. The summed E-state index contributed by atoms with van der Waals surface area (Å²) in [6.07, 6.45) is -4.61. The third-order valence-corrected chi connectivity index (χ3v) is 3.85. The quantitative estimate of drug-likeness (QED) is 0.796. The molecule has 0 heterocycles. The monoisotopic (exact) mass is 328 g/mol. The van der Waals surface area contributed by atoms with Gasteiger partial charge in [0.2, 0.25) is 0 Å². The van der Waals surface area contributed by atoms with Crippen LogP contribution in [0.3, 0.4) is 0 Å². The SMILES string of the molecule is CN(CCCO)S(=O)(=O)Nc1cccc(OC(F)(F)F)c1. The number of benzene rings is 1. The first-order valence-corrected chi connectivity index (χ1v) is 7.29. The molecule has 0 amide bonds. The number of anilines is 1. The molecule has 0 saturated carbocycles. The lowest BCUT2D eigenvalue weighted by Crippen LogP contribution is -2.33. The Morgan fingerprint density at radius 3 is 2.62 bits per heavy atom. The molecule has 0 aliphatic rings. The van der Waals surface area contributed by atoms with Crippen LogP contribution in [0.15, 0.2) is 24.3 Å². The minimum absolute atomic E-state index is 0.0624. The van der Waals surface area contributed by atoms with Crippen molar-refractivity contribution in [2.75, 3.05) is 24.9 Å². The molecule has 1 aromatic carbocycles. The normalized spacial score (nSPS) is 12.5. The Kier molecular flexibility index (Phi) is 5.81. The molecule has 6 nitrogen and oxygen atoms in total. The summed E-state index contributed by atoms with van der Waals surface area (Å²) in [5.41, 5.74) is -0.0624. The summed E-state index contributed by atoms with van der Waals surface area (Å²) in [5, 5.41) is 8.65. The number of hydrogen-bond donors (Lipinski definition) is 2. The molecule has 0 unspecified atom stereocenters. The number of aliphatic hydroxyl groups is 1. The molecule has 120 valence electrons. The summed E-state index contributed by atoms with van der Waals surface area (Å²) >= 11 is 0. The smallest absolute Gasteiger partial charge is 0.406 e. The molecule has 1 aromatic rings. The van der Waals surface area contributed by atoms with Gasteiger partial charge in [0.05, 0.1) is 5.69 Å². The number of aliphatic hydroxyl groups excluding tert-OH is 1. The molecule has 0 aliphatic carbocycles. The number of nitrogens with one attached hydrogen (secondary N) is 1. The number of ether oxygens (including phenoxy) is 1. The van der Waals surface area contributed by atoms with Crippen molar-refractivity contribution in [3.63, 3.8) is 0 Å². The van der Waals surface area contributed by atoms with Crippen LogP contribution in [0.25, 0.3) is 0 Å². The minimum Gasteiger partial charge on any atom is -0.406 e. The fourth-order valence-electron chi connectivity index (χ4n) is 1.40. The van der Waals surface area contributed by atoms with E-state index in [2.05, 4.69) is 9.46 Å². The average molecular weight is 328 g/mol. The van der Waals surface area contributed by atoms with Crippen LogP contribution in [0.1, 0.15) is 6.42 Å². The molecule has 0 atom stereocenters. The van der Waals surface area contributed by atoms with E-state index in [9.17, 15) is 21.6 Å². The summed E-state index contributed by atoms with van der Waals surface area (Å²) < 4.78 is 66.8. The molecule has 0 radical (unpaired) electrons. The van der Waals surface area contributed by atoms with Crippen LogP contribution in [0.2, 0.25) is 0 Å². The lowest BCUT2D eigenvalue weighted by atomic mass is 10.3. The molecule has 0 aliphatic heterocycles. The second kappa shape index (κ2) is 6.96. The highest BCUT2D eigenvalue weighted by atomic mass is 32.2. The van der Waals surface area contributed by atoms with Crippen LogP contribution in [0.4, 0.5) is 18.9 Å². The van der Waals surface area contributed by atoms with Gasteiger partial charge in [-0.15, -0.1) is 13.2 Å². The molecule has 21 heavy (non-hydrogen) atoms. The Bertz CT molecular complexity index is 563. The number of hydrogen-bond acceptors (Lipinski definition) is 4. The van der Waals surface area contributed by atoms with Gasteiger partial charge in [-0.1, -0.05) is 6.07 Å². The summed E-state index contributed by atoms with van der Waals surface area (Å²) in [6.45, 7) is -0.0979. The van der Waals surface area contributed by atoms with Crippen molar-refractivity contribution in [1.29, 1.82) is 0 Å². The fourth-order valence-corrected chi connectivity index (χ4v) is 2.35. The van der Waals surface area contributed by atoms with Gasteiger partial charge in [0.25, 0.3) is 0 Å². The number of alkyl halides is 3.